The van der Waals surface area contributed by atoms with Gasteiger partial charge in [-0.3, -0.25) is 0 Å². The van der Waals surface area contributed by atoms with Crippen LogP contribution in [0.25, 0.3) is 11.5 Å². The van der Waals surface area contributed by atoms with Gasteiger partial charge in [0.15, 0.2) is 0 Å². The van der Waals surface area contributed by atoms with Gasteiger partial charge >= 0.3 is 0 Å². The third-order valence-corrected chi connectivity index (χ3v) is 4.44. The van der Waals surface area contributed by atoms with Crippen molar-refractivity contribution in [2.45, 2.75) is 32.9 Å². The second-order valence-corrected chi connectivity index (χ2v) is 6.07. The molecule has 0 amide bonds. The molecule has 0 saturated heterocycles. The summed E-state index contributed by atoms with van der Waals surface area (Å²) in [6.45, 7) is 4.59. The number of aromatic nitrogens is 3. The van der Waals surface area contributed by atoms with Crippen LogP contribution in [0.5, 0.6) is 0 Å². The molecule has 1 atom stereocenters. The van der Waals surface area contributed by atoms with Crippen LogP contribution < -0.4 is 5.32 Å². The van der Waals surface area contributed by atoms with Crippen molar-refractivity contribution < 1.29 is 8.81 Å². The lowest BCUT2D eigenvalue weighted by atomic mass is 10.2. The fraction of sp³-hybridized carbons (Fsp3) is 0.312. The third-order valence-electron chi connectivity index (χ3n) is 3.43. The van der Waals surface area contributed by atoms with Gasteiger partial charge in [-0.05, 0) is 37.6 Å². The number of thiazole rings is 1. The number of aryl methyl sites for hydroxylation is 1. The summed E-state index contributed by atoms with van der Waals surface area (Å²) in [4.78, 5) is 4.56. The number of nitrogens with one attached hydrogen (secondary N) is 1. The van der Waals surface area contributed by atoms with E-state index in [1.807, 2.05) is 6.92 Å². The molecular weight excluding hydrogens is 315 g/mol. The molecule has 23 heavy (non-hydrogen) atoms. The monoisotopic (exact) mass is 332 g/mol. The van der Waals surface area contributed by atoms with Gasteiger partial charge in [0.2, 0.25) is 11.8 Å². The van der Waals surface area contributed by atoms with Crippen LogP contribution >= 0.6 is 11.3 Å². The summed E-state index contributed by atoms with van der Waals surface area (Å²) in [5.41, 5.74) is 1.72. The molecule has 0 saturated carbocycles. The minimum absolute atomic E-state index is 0.104. The maximum atomic E-state index is 12.9. The normalized spacial score (nSPS) is 12.5. The predicted molar refractivity (Wildman–Crippen MR) is 86.4 cm³/mol. The lowest BCUT2D eigenvalue weighted by Gasteiger charge is -2.08. The van der Waals surface area contributed by atoms with Crippen molar-refractivity contribution in [3.63, 3.8) is 0 Å². The third kappa shape index (κ3) is 3.80. The van der Waals surface area contributed by atoms with E-state index in [-0.39, 0.29) is 11.9 Å². The SMILES string of the molecule is CCc1nc([C@@H](C)NCc2nnc(-c3ccc(F)cc3)o2)cs1. The summed E-state index contributed by atoms with van der Waals surface area (Å²) >= 11 is 1.67. The van der Waals surface area contributed by atoms with Gasteiger partial charge in [0.05, 0.1) is 17.2 Å². The highest BCUT2D eigenvalue weighted by Crippen LogP contribution is 2.20. The minimum Gasteiger partial charge on any atom is -0.419 e. The summed E-state index contributed by atoms with van der Waals surface area (Å²) in [7, 11) is 0. The molecule has 2 heterocycles. The van der Waals surface area contributed by atoms with Crippen LogP contribution in [0.3, 0.4) is 0 Å². The molecule has 0 bridgehead atoms. The van der Waals surface area contributed by atoms with Crippen molar-refractivity contribution in [1.82, 2.24) is 20.5 Å². The van der Waals surface area contributed by atoms with Crippen molar-refractivity contribution >= 4 is 11.3 Å². The molecule has 3 rings (SSSR count). The van der Waals surface area contributed by atoms with Crippen molar-refractivity contribution in [2.75, 3.05) is 0 Å². The molecule has 0 fully saturated rings. The van der Waals surface area contributed by atoms with Crippen LogP contribution in [0.1, 0.15) is 36.5 Å². The van der Waals surface area contributed by atoms with E-state index in [2.05, 4.69) is 32.8 Å². The average molecular weight is 332 g/mol. The summed E-state index contributed by atoms with van der Waals surface area (Å²) in [6, 6.07) is 6.07. The number of benzene rings is 1. The molecule has 120 valence electrons. The zero-order valence-corrected chi connectivity index (χ0v) is 13.7. The number of rotatable bonds is 6. The van der Waals surface area contributed by atoms with Gasteiger partial charge < -0.3 is 9.73 Å². The molecule has 7 heteroatoms. The average Bonchev–Trinajstić information content (AvgIpc) is 3.22. The first kappa shape index (κ1) is 15.8. The number of halogens is 1. The molecule has 1 aromatic carbocycles. The van der Waals surface area contributed by atoms with Crippen LogP contribution in [-0.2, 0) is 13.0 Å². The molecule has 3 aromatic rings. The van der Waals surface area contributed by atoms with Crippen molar-refractivity contribution in [3.8, 4) is 11.5 Å². The van der Waals surface area contributed by atoms with Gasteiger partial charge in [0, 0.05) is 17.0 Å². The van der Waals surface area contributed by atoms with E-state index < -0.39 is 0 Å². The number of nitrogens with zero attached hydrogens (tertiary/aromatic N) is 3. The second kappa shape index (κ2) is 6.97. The summed E-state index contributed by atoms with van der Waals surface area (Å²) < 4.78 is 18.5. The Morgan fingerprint density at radius 2 is 2.04 bits per heavy atom. The fourth-order valence-electron chi connectivity index (χ4n) is 2.07. The Morgan fingerprint density at radius 1 is 1.26 bits per heavy atom. The number of hydrogen-bond acceptors (Lipinski definition) is 6. The molecule has 2 aromatic heterocycles. The fourth-order valence-corrected chi connectivity index (χ4v) is 2.90. The zero-order valence-electron chi connectivity index (χ0n) is 12.9. The van der Waals surface area contributed by atoms with Gasteiger partial charge in [-0.15, -0.1) is 21.5 Å². The maximum absolute atomic E-state index is 12.9. The molecule has 0 radical (unpaired) electrons. The first-order valence-corrected chi connectivity index (χ1v) is 8.29. The highest BCUT2D eigenvalue weighted by molar-refractivity contribution is 7.09. The van der Waals surface area contributed by atoms with Crippen molar-refractivity contribution in [1.29, 1.82) is 0 Å². The molecule has 0 unspecified atom stereocenters. The van der Waals surface area contributed by atoms with Crippen LogP contribution in [0.15, 0.2) is 34.1 Å². The first-order valence-electron chi connectivity index (χ1n) is 7.41. The Hall–Kier alpha value is -2.12. The Bertz CT molecular complexity index is 768. The first-order chi connectivity index (χ1) is 11.2. The smallest absolute Gasteiger partial charge is 0.247 e. The van der Waals surface area contributed by atoms with E-state index >= 15 is 0 Å². The van der Waals surface area contributed by atoms with Crippen LogP contribution in [-0.4, -0.2) is 15.2 Å². The largest absolute Gasteiger partial charge is 0.419 e. The lowest BCUT2D eigenvalue weighted by Crippen LogP contribution is -2.18. The Labute approximate surface area is 137 Å². The molecule has 0 spiro atoms. The highest BCUT2D eigenvalue weighted by atomic mass is 32.1. The van der Waals surface area contributed by atoms with E-state index in [1.54, 1.807) is 23.5 Å². The van der Waals surface area contributed by atoms with Gasteiger partial charge in [0.1, 0.15) is 5.82 Å². The van der Waals surface area contributed by atoms with Crippen LogP contribution in [0, 0.1) is 5.82 Å². The maximum Gasteiger partial charge on any atom is 0.247 e. The predicted octanol–water partition coefficient (Wildman–Crippen LogP) is 3.75. The zero-order chi connectivity index (χ0) is 16.2. The van der Waals surface area contributed by atoms with E-state index in [1.165, 1.54) is 12.1 Å². The van der Waals surface area contributed by atoms with E-state index in [0.29, 0.717) is 23.9 Å². The van der Waals surface area contributed by atoms with Gasteiger partial charge in [0.25, 0.3) is 0 Å². The molecule has 0 aliphatic rings. The number of hydrogen-bond donors (Lipinski definition) is 1. The van der Waals surface area contributed by atoms with Crippen LogP contribution in [0.2, 0.25) is 0 Å². The summed E-state index contributed by atoms with van der Waals surface area (Å²) in [5, 5.41) is 14.5. The Balaban J connectivity index is 1.61. The highest BCUT2D eigenvalue weighted by Gasteiger charge is 2.12. The van der Waals surface area contributed by atoms with Gasteiger partial charge in [-0.25, -0.2) is 9.37 Å². The Morgan fingerprint density at radius 3 is 2.74 bits per heavy atom. The molecule has 5 nitrogen and oxygen atoms in total. The summed E-state index contributed by atoms with van der Waals surface area (Å²) in [6.07, 6.45) is 0.947. The molecular formula is C16H17FN4OS. The quantitative estimate of drug-likeness (QED) is 0.745. The lowest BCUT2D eigenvalue weighted by molar-refractivity contribution is 0.451. The molecule has 1 N–H and O–H groups in total. The molecule has 0 aliphatic carbocycles. The topological polar surface area (TPSA) is 63.8 Å². The van der Waals surface area contributed by atoms with Crippen molar-refractivity contribution in [3.05, 3.63) is 52.1 Å². The van der Waals surface area contributed by atoms with E-state index in [9.17, 15) is 4.39 Å². The van der Waals surface area contributed by atoms with Gasteiger partial charge in [-0.2, -0.15) is 0 Å². The minimum atomic E-state index is -0.293. The second-order valence-electron chi connectivity index (χ2n) is 5.13. The van der Waals surface area contributed by atoms with Crippen molar-refractivity contribution in [2.24, 2.45) is 0 Å². The van der Waals surface area contributed by atoms with Crippen LogP contribution in [0.4, 0.5) is 4.39 Å². The van der Waals surface area contributed by atoms with E-state index in [0.717, 1.165) is 17.1 Å². The molecule has 0 aliphatic heterocycles. The van der Waals surface area contributed by atoms with Gasteiger partial charge in [-0.1, -0.05) is 6.92 Å². The standard InChI is InChI=1S/C16H17FN4OS/c1-3-15-19-13(9-23-15)10(2)18-8-14-20-21-16(22-14)11-4-6-12(17)7-5-11/h4-7,9-10,18H,3,8H2,1-2H3/t10-/m1/s1. The van der Waals surface area contributed by atoms with E-state index in [4.69, 9.17) is 4.42 Å². The Kier molecular flexibility index (Phi) is 4.78. The summed E-state index contributed by atoms with van der Waals surface area (Å²) in [5.74, 6) is 0.581.